The van der Waals surface area contributed by atoms with Gasteiger partial charge in [-0.2, -0.15) is 0 Å². The van der Waals surface area contributed by atoms with Gasteiger partial charge in [0.25, 0.3) is 0 Å². The molecule has 0 unspecified atom stereocenters. The van der Waals surface area contributed by atoms with Crippen molar-refractivity contribution in [3.63, 3.8) is 0 Å². The van der Waals surface area contributed by atoms with Crippen molar-refractivity contribution in [2.45, 2.75) is 0 Å². The van der Waals surface area contributed by atoms with E-state index in [-0.39, 0.29) is 0 Å². The molecular formula is H3O5P-2. The van der Waals surface area contributed by atoms with Crippen LogP contribution in [0.2, 0.25) is 0 Å². The van der Waals surface area contributed by atoms with Crippen molar-refractivity contribution in [2.24, 2.45) is 0 Å². The van der Waals surface area contributed by atoms with E-state index >= 15 is 0 Å². The fourth-order valence-electron chi connectivity index (χ4n) is 0. The van der Waals surface area contributed by atoms with E-state index in [1.165, 1.54) is 0 Å². The number of hydrogen-bond acceptors (Lipinski definition) is 5. The fourth-order valence-corrected chi connectivity index (χ4v) is 0. The first kappa shape index (κ1) is 6.23. The average Bonchev–Trinajstić information content (AvgIpc) is 0.650. The second kappa shape index (κ2) is 0.894. The molecule has 0 amide bonds. The molecule has 3 N–H and O–H groups in total. The third kappa shape index (κ3) is 834. The SMILES string of the molecule is [O-]P([O-])(O)(O)O. The van der Waals surface area contributed by atoms with Gasteiger partial charge in [-0.05, 0) is 0 Å². The molecule has 0 saturated carbocycles. The van der Waals surface area contributed by atoms with Crippen molar-refractivity contribution in [3.05, 3.63) is 0 Å². The van der Waals surface area contributed by atoms with Crippen LogP contribution in [-0.2, 0) is 0 Å². The standard InChI is InChI=1S/H3O5P/c1-6(2,3,4)5/h1-3H/q-2. The Bertz CT molecular complexity index is 37.1. The Balaban J connectivity index is 3.73. The molecular weight excluding hydrogens is 111 g/mol. The van der Waals surface area contributed by atoms with Gasteiger partial charge >= 0.3 is 32.2 Å². The van der Waals surface area contributed by atoms with Crippen molar-refractivity contribution in [3.8, 4) is 0 Å². The Hall–Kier alpha value is 0.230. The van der Waals surface area contributed by atoms with Crippen LogP contribution in [0.5, 0.6) is 0 Å². The number of rotatable bonds is 0. The summed E-state index contributed by atoms with van der Waals surface area (Å²) in [5.74, 6) is 0. The molecule has 0 spiro atoms. The number of hydrogen-bond donors (Lipinski definition) is 3. The molecule has 0 atom stereocenters. The van der Waals surface area contributed by atoms with E-state index in [0.29, 0.717) is 0 Å². The molecule has 0 radical (unpaired) electrons. The predicted molar refractivity (Wildman–Crippen MR) is 13.6 cm³/mol. The van der Waals surface area contributed by atoms with Crippen LogP contribution in [0.25, 0.3) is 0 Å². The summed E-state index contributed by atoms with van der Waals surface area (Å²) in [4.78, 5) is 39.2. The van der Waals surface area contributed by atoms with Gasteiger partial charge < -0.3 is 0 Å². The van der Waals surface area contributed by atoms with Crippen LogP contribution in [0, 0.1) is 0 Å². The molecule has 40 valence electrons. The van der Waals surface area contributed by atoms with E-state index in [9.17, 15) is 0 Å². The zero-order chi connectivity index (χ0) is 5.45. The Labute approximate surface area is 33.4 Å². The molecule has 6 heavy (non-hydrogen) atoms. The second-order valence-electron chi connectivity index (χ2n) is 0.833. The van der Waals surface area contributed by atoms with Crippen LogP contribution >= 0.6 is 7.74 Å². The zero-order valence-corrected chi connectivity index (χ0v) is 3.50. The summed E-state index contributed by atoms with van der Waals surface area (Å²) in [7, 11) is -6.55. The molecule has 0 fully saturated rings. The van der Waals surface area contributed by atoms with E-state index in [2.05, 4.69) is 0 Å². The first-order valence-electron chi connectivity index (χ1n) is 0.965. The minimum atomic E-state index is -6.55. The van der Waals surface area contributed by atoms with E-state index in [1.807, 2.05) is 0 Å². The van der Waals surface area contributed by atoms with Gasteiger partial charge in [-0.1, -0.05) is 0 Å². The summed E-state index contributed by atoms with van der Waals surface area (Å²) >= 11 is 0. The molecule has 5 nitrogen and oxygen atoms in total. The van der Waals surface area contributed by atoms with Gasteiger partial charge in [-0.3, -0.25) is 0 Å². The van der Waals surface area contributed by atoms with E-state index < -0.39 is 7.74 Å². The maximum absolute atomic E-state index is 8.92. The molecule has 0 heterocycles. The Morgan fingerprint density at radius 2 is 1.00 bits per heavy atom. The van der Waals surface area contributed by atoms with Crippen molar-refractivity contribution >= 4 is 7.74 Å². The van der Waals surface area contributed by atoms with Gasteiger partial charge in [-0.15, -0.1) is 0 Å². The predicted octanol–water partition coefficient (Wildman–Crippen LogP) is -3.19. The maximum atomic E-state index is 8.92. The molecule has 6 heteroatoms. The summed E-state index contributed by atoms with van der Waals surface area (Å²) in [6.07, 6.45) is 0. The summed E-state index contributed by atoms with van der Waals surface area (Å²) in [6, 6.07) is 0. The quantitative estimate of drug-likeness (QED) is 0.287. The molecule has 0 aliphatic carbocycles. The van der Waals surface area contributed by atoms with Gasteiger partial charge in [0, 0.05) is 0 Å². The fraction of sp³-hybridized carbons (Fsp3) is 0. The third-order valence-corrected chi connectivity index (χ3v) is 0. The van der Waals surface area contributed by atoms with E-state index in [4.69, 9.17) is 24.5 Å². The average molecular weight is 114 g/mol. The second-order valence-corrected chi connectivity index (χ2v) is 2.50. The van der Waals surface area contributed by atoms with Crippen LogP contribution in [0.3, 0.4) is 0 Å². The molecule has 0 bridgehead atoms. The Morgan fingerprint density at radius 3 is 1.00 bits per heavy atom. The van der Waals surface area contributed by atoms with Gasteiger partial charge in [0.05, 0.1) is 0 Å². The summed E-state index contributed by atoms with van der Waals surface area (Å²) < 4.78 is 0. The van der Waals surface area contributed by atoms with Gasteiger partial charge in [0.2, 0.25) is 0 Å². The van der Waals surface area contributed by atoms with Gasteiger partial charge in [-0.25, -0.2) is 0 Å². The third-order valence-electron chi connectivity index (χ3n) is 0. The van der Waals surface area contributed by atoms with E-state index in [0.717, 1.165) is 0 Å². The molecule has 0 aliphatic rings. The summed E-state index contributed by atoms with van der Waals surface area (Å²) in [5.41, 5.74) is 0. The van der Waals surface area contributed by atoms with Crippen LogP contribution in [0.15, 0.2) is 0 Å². The minimum absolute atomic E-state index is 6.55. The molecule has 0 saturated heterocycles. The van der Waals surface area contributed by atoms with Gasteiger partial charge in [0.15, 0.2) is 0 Å². The van der Waals surface area contributed by atoms with Crippen LogP contribution in [0.1, 0.15) is 0 Å². The molecule has 0 aliphatic heterocycles. The van der Waals surface area contributed by atoms with Crippen LogP contribution in [-0.4, -0.2) is 14.7 Å². The molecule has 0 aromatic heterocycles. The van der Waals surface area contributed by atoms with Crippen LogP contribution < -0.4 is 9.79 Å². The topological polar surface area (TPSA) is 107 Å². The van der Waals surface area contributed by atoms with E-state index in [1.54, 1.807) is 0 Å². The monoisotopic (exact) mass is 114 g/mol. The van der Waals surface area contributed by atoms with Crippen molar-refractivity contribution < 1.29 is 24.5 Å². The molecule has 0 aromatic rings. The first-order chi connectivity index (χ1) is 2.24. The molecule has 0 rings (SSSR count). The van der Waals surface area contributed by atoms with Gasteiger partial charge in [0.1, 0.15) is 0 Å². The summed E-state index contributed by atoms with van der Waals surface area (Å²) in [5, 5.41) is 0. The first-order valence-corrected chi connectivity index (χ1v) is 2.90. The Kier molecular flexibility index (Phi) is 0.928. The Morgan fingerprint density at radius 1 is 1.00 bits per heavy atom. The van der Waals surface area contributed by atoms with Crippen molar-refractivity contribution in [1.29, 1.82) is 0 Å². The van der Waals surface area contributed by atoms with Crippen molar-refractivity contribution in [1.82, 2.24) is 0 Å². The normalized spacial score (nSPS) is 19.2. The summed E-state index contributed by atoms with van der Waals surface area (Å²) in [6.45, 7) is 0. The van der Waals surface area contributed by atoms with Crippen LogP contribution in [0.4, 0.5) is 0 Å². The zero-order valence-electron chi connectivity index (χ0n) is 2.61. The van der Waals surface area contributed by atoms with Crippen molar-refractivity contribution in [2.75, 3.05) is 0 Å². The molecule has 0 aromatic carbocycles.